The molecule has 3 nitrogen and oxygen atoms in total. The molecule has 3 aromatic heterocycles. The second-order valence-electron chi connectivity index (χ2n) is 13.1. The standard InChI is InChI=1S/C45H29N3S3/c1-2-11-26(12-3-1)43-46-44(35-19-9-17-33-30-14-5-7-22-38(30)50-41(33)35)48-45(47-43)36-20-10-18-34-31-24-23-27(25-39(31)51-42(34)36)28-15-8-16-32-29-13-4-6-21-37(29)49-40(28)32/h1-25,43,45,47H,(H,46,48). The summed E-state index contributed by atoms with van der Waals surface area (Å²) >= 11 is 5.62. The lowest BCUT2D eigenvalue weighted by Crippen LogP contribution is -2.45. The Labute approximate surface area is 306 Å². The van der Waals surface area contributed by atoms with Gasteiger partial charge < -0.3 is 5.32 Å². The Morgan fingerprint density at radius 2 is 1.02 bits per heavy atom. The minimum atomic E-state index is -0.199. The molecule has 6 heteroatoms. The van der Waals surface area contributed by atoms with Crippen molar-refractivity contribution >= 4 is 100 Å². The minimum Gasteiger partial charge on any atom is -0.350 e. The largest absolute Gasteiger partial charge is 0.350 e. The van der Waals surface area contributed by atoms with Crippen molar-refractivity contribution in [3.63, 3.8) is 0 Å². The molecule has 2 N–H and O–H groups in total. The summed E-state index contributed by atoms with van der Waals surface area (Å²) in [7, 11) is 0. The van der Waals surface area contributed by atoms with Gasteiger partial charge in [-0.3, -0.25) is 5.32 Å². The summed E-state index contributed by atoms with van der Waals surface area (Å²) in [5, 5.41) is 15.6. The predicted octanol–water partition coefficient (Wildman–Crippen LogP) is 12.8. The summed E-state index contributed by atoms with van der Waals surface area (Å²) in [5.74, 6) is 0.918. The maximum atomic E-state index is 5.33. The van der Waals surface area contributed by atoms with E-state index in [2.05, 4.69) is 162 Å². The van der Waals surface area contributed by atoms with Crippen LogP contribution in [-0.2, 0) is 0 Å². The molecule has 0 saturated carbocycles. The first-order chi connectivity index (χ1) is 25.3. The Balaban J connectivity index is 1.04. The highest BCUT2D eigenvalue weighted by atomic mass is 32.1. The van der Waals surface area contributed by atoms with Gasteiger partial charge in [0.25, 0.3) is 0 Å². The molecule has 0 aliphatic carbocycles. The average molecular weight is 708 g/mol. The van der Waals surface area contributed by atoms with Crippen molar-refractivity contribution < 1.29 is 0 Å². The molecule has 2 atom stereocenters. The first-order valence-corrected chi connectivity index (χ1v) is 19.6. The maximum Gasteiger partial charge on any atom is 0.133 e. The second kappa shape index (κ2) is 11.6. The number of hydrogen-bond acceptors (Lipinski definition) is 6. The zero-order chi connectivity index (χ0) is 33.5. The van der Waals surface area contributed by atoms with Gasteiger partial charge in [0.15, 0.2) is 0 Å². The van der Waals surface area contributed by atoms with Gasteiger partial charge in [0.05, 0.1) is 0 Å². The molecule has 4 heterocycles. The SMILES string of the molecule is c1ccc(C2N=C(c3cccc4c3sc3ccccc34)NC(c3cccc4c3sc3cc(-c5cccc6c5sc5ccccc56)ccc34)N2)cc1. The number of aliphatic imine (C=N–C) groups is 1. The van der Waals surface area contributed by atoms with Gasteiger partial charge in [0.2, 0.25) is 0 Å². The van der Waals surface area contributed by atoms with E-state index >= 15 is 0 Å². The van der Waals surface area contributed by atoms with Crippen molar-refractivity contribution in [2.75, 3.05) is 0 Å². The van der Waals surface area contributed by atoms with Crippen LogP contribution >= 0.6 is 34.0 Å². The van der Waals surface area contributed by atoms with Crippen LogP contribution in [0.15, 0.2) is 157 Å². The summed E-state index contributed by atoms with van der Waals surface area (Å²) in [5.41, 5.74) is 6.08. The fourth-order valence-corrected chi connectivity index (χ4v) is 11.5. The highest BCUT2D eigenvalue weighted by Crippen LogP contribution is 2.44. The van der Waals surface area contributed by atoms with Gasteiger partial charge in [0.1, 0.15) is 18.2 Å². The minimum absolute atomic E-state index is 0.143. The Morgan fingerprint density at radius 1 is 0.451 bits per heavy atom. The van der Waals surface area contributed by atoms with Gasteiger partial charge >= 0.3 is 0 Å². The average Bonchev–Trinajstić information content (AvgIpc) is 3.89. The first-order valence-electron chi connectivity index (χ1n) is 17.2. The fraction of sp³-hybridized carbons (Fsp3) is 0.0444. The molecule has 0 amide bonds. The monoisotopic (exact) mass is 707 g/mol. The molecule has 2 unspecified atom stereocenters. The van der Waals surface area contributed by atoms with E-state index in [1.807, 2.05) is 34.0 Å². The van der Waals surface area contributed by atoms with Crippen molar-refractivity contribution in [3.8, 4) is 11.1 Å². The van der Waals surface area contributed by atoms with Crippen LogP contribution in [0.2, 0.25) is 0 Å². The van der Waals surface area contributed by atoms with Gasteiger partial charge in [-0.05, 0) is 41.0 Å². The summed E-state index contributed by atoms with van der Waals surface area (Å²) in [4.78, 5) is 5.33. The van der Waals surface area contributed by atoms with Gasteiger partial charge in [-0.25, -0.2) is 4.99 Å². The van der Waals surface area contributed by atoms with Crippen LogP contribution in [0.5, 0.6) is 0 Å². The van der Waals surface area contributed by atoms with Gasteiger partial charge in [-0.1, -0.05) is 127 Å². The molecule has 0 bridgehead atoms. The summed E-state index contributed by atoms with van der Waals surface area (Å²) in [6.45, 7) is 0. The van der Waals surface area contributed by atoms with Crippen LogP contribution < -0.4 is 10.6 Å². The molecule has 0 spiro atoms. The predicted molar refractivity (Wildman–Crippen MR) is 222 cm³/mol. The maximum absolute atomic E-state index is 5.33. The number of thiophene rings is 3. The zero-order valence-electron chi connectivity index (χ0n) is 27.3. The molecule has 10 aromatic rings. The number of fused-ring (bicyclic) bond motifs is 9. The van der Waals surface area contributed by atoms with E-state index in [9.17, 15) is 0 Å². The highest BCUT2D eigenvalue weighted by molar-refractivity contribution is 7.27. The number of benzene rings is 7. The second-order valence-corrected chi connectivity index (χ2v) is 16.3. The lowest BCUT2D eigenvalue weighted by atomic mass is 10.0. The van der Waals surface area contributed by atoms with Gasteiger partial charge in [0, 0.05) is 71.6 Å². The normalized spacial score (nSPS) is 16.4. The molecule has 11 rings (SSSR count). The molecule has 1 aliphatic rings. The number of rotatable bonds is 4. The zero-order valence-corrected chi connectivity index (χ0v) is 29.7. The van der Waals surface area contributed by atoms with Crippen LogP contribution in [0.4, 0.5) is 0 Å². The molecular weight excluding hydrogens is 679 g/mol. The van der Waals surface area contributed by atoms with Crippen molar-refractivity contribution in [2.45, 2.75) is 12.3 Å². The van der Waals surface area contributed by atoms with E-state index in [1.165, 1.54) is 77.2 Å². The molecular formula is C45H29N3S3. The highest BCUT2D eigenvalue weighted by Gasteiger charge is 2.28. The van der Waals surface area contributed by atoms with E-state index in [-0.39, 0.29) is 12.3 Å². The fourth-order valence-electron chi connectivity index (χ4n) is 7.78. The van der Waals surface area contributed by atoms with E-state index in [0.29, 0.717) is 0 Å². The lowest BCUT2D eigenvalue weighted by molar-refractivity contribution is 0.411. The summed E-state index contributed by atoms with van der Waals surface area (Å²) < 4.78 is 7.83. The third-order valence-electron chi connectivity index (χ3n) is 10.2. The number of nitrogens with one attached hydrogen (secondary N) is 2. The van der Waals surface area contributed by atoms with Crippen molar-refractivity contribution in [2.24, 2.45) is 4.99 Å². The Bertz CT molecular complexity index is 3000. The van der Waals surface area contributed by atoms with Crippen molar-refractivity contribution in [1.29, 1.82) is 0 Å². The summed E-state index contributed by atoms with van der Waals surface area (Å²) in [6, 6.07) is 55.1. The van der Waals surface area contributed by atoms with Crippen LogP contribution in [0.3, 0.4) is 0 Å². The van der Waals surface area contributed by atoms with Gasteiger partial charge in [-0.2, -0.15) is 0 Å². The number of amidine groups is 1. The third kappa shape index (κ3) is 4.68. The molecule has 242 valence electrons. The number of hydrogen-bond donors (Lipinski definition) is 2. The van der Waals surface area contributed by atoms with Crippen molar-refractivity contribution in [3.05, 3.63) is 168 Å². The summed E-state index contributed by atoms with van der Waals surface area (Å²) in [6.07, 6.45) is -0.342. The molecule has 0 saturated heterocycles. The quantitative estimate of drug-likeness (QED) is 0.191. The third-order valence-corrected chi connectivity index (χ3v) is 13.9. The van der Waals surface area contributed by atoms with Gasteiger partial charge in [-0.15, -0.1) is 34.0 Å². The molecule has 0 fully saturated rings. The molecule has 1 aliphatic heterocycles. The molecule has 7 aromatic carbocycles. The Hall–Kier alpha value is -5.37. The molecule has 51 heavy (non-hydrogen) atoms. The van der Waals surface area contributed by atoms with E-state index in [1.54, 1.807) is 0 Å². The van der Waals surface area contributed by atoms with Crippen LogP contribution in [0, 0.1) is 0 Å². The van der Waals surface area contributed by atoms with Crippen LogP contribution in [-0.4, -0.2) is 5.84 Å². The van der Waals surface area contributed by atoms with E-state index < -0.39 is 0 Å². The Kier molecular flexibility index (Phi) is 6.67. The van der Waals surface area contributed by atoms with Crippen LogP contribution in [0.25, 0.3) is 71.6 Å². The van der Waals surface area contributed by atoms with Crippen molar-refractivity contribution in [1.82, 2.24) is 10.6 Å². The van der Waals surface area contributed by atoms with E-state index in [4.69, 9.17) is 4.99 Å². The topological polar surface area (TPSA) is 36.4 Å². The van der Waals surface area contributed by atoms with E-state index in [0.717, 1.165) is 17.0 Å². The lowest BCUT2D eigenvalue weighted by Gasteiger charge is -2.32. The smallest absolute Gasteiger partial charge is 0.133 e. The van der Waals surface area contributed by atoms with Crippen LogP contribution in [0.1, 0.15) is 29.0 Å². The first kappa shape index (κ1) is 29.4. The molecule has 0 radical (unpaired) electrons. The Morgan fingerprint density at radius 3 is 1.76 bits per heavy atom. The number of nitrogens with zero attached hydrogens (tertiary/aromatic N) is 1.